The van der Waals surface area contributed by atoms with Gasteiger partial charge in [0.2, 0.25) is 23.5 Å². The molecule has 4 amide bonds. The van der Waals surface area contributed by atoms with Gasteiger partial charge in [-0.05, 0) is 60.2 Å². The van der Waals surface area contributed by atoms with E-state index in [9.17, 15) is 32.4 Å². The molecule has 1 saturated heterocycles. The first-order valence-corrected chi connectivity index (χ1v) is 20.0. The van der Waals surface area contributed by atoms with Gasteiger partial charge in [0.1, 0.15) is 29.5 Å². The van der Waals surface area contributed by atoms with Gasteiger partial charge in [-0.2, -0.15) is 4.72 Å². The topological polar surface area (TPSA) is 196 Å². The van der Waals surface area contributed by atoms with Crippen molar-refractivity contribution in [3.05, 3.63) is 12.7 Å². The molecule has 14 nitrogen and oxygen atoms in total. The van der Waals surface area contributed by atoms with Crippen molar-refractivity contribution in [1.82, 2.24) is 25.6 Å². The number of nitrogens with zero attached hydrogens (tertiary/aromatic N) is 3. The van der Waals surface area contributed by atoms with E-state index >= 15 is 0 Å². The molecule has 4 rings (SSSR count). The van der Waals surface area contributed by atoms with Crippen molar-refractivity contribution in [1.29, 1.82) is 0 Å². The lowest BCUT2D eigenvalue weighted by atomic mass is 9.70. The minimum absolute atomic E-state index is 0.0200. The second kappa shape index (κ2) is 15.9. The van der Waals surface area contributed by atoms with E-state index in [1.165, 1.54) is 24.9 Å². The molecule has 3 aliphatic carbocycles. The Hall–Kier alpha value is -3.46. The van der Waals surface area contributed by atoms with E-state index < -0.39 is 74.4 Å². The second-order valence-corrected chi connectivity index (χ2v) is 18.9. The Kier molecular flexibility index (Phi) is 12.6. The van der Waals surface area contributed by atoms with Crippen LogP contribution >= 0.6 is 0 Å². The highest BCUT2D eigenvalue weighted by Gasteiger charge is 2.70. The fraction of sp³-hybridized carbons (Fsp3) is 0.757. The molecule has 0 aromatic rings. The third-order valence-electron chi connectivity index (χ3n) is 11.7. The Bertz CT molecular complexity index is 1590. The van der Waals surface area contributed by atoms with Crippen LogP contribution in [0, 0.1) is 34.0 Å². The number of likely N-dealkylation sites (tertiary alicyclic amines) is 1. The predicted octanol–water partition coefficient (Wildman–Crippen LogP) is 2.49. The number of fused-ring (bicyclic) bond motifs is 1. The van der Waals surface area contributed by atoms with Gasteiger partial charge in [0.05, 0.1) is 6.04 Å². The maximum atomic E-state index is 14.7. The molecule has 52 heavy (non-hydrogen) atoms. The lowest BCUT2D eigenvalue weighted by Gasteiger charge is -2.42. The largest absolute Gasteiger partial charge is 0.346 e. The van der Waals surface area contributed by atoms with Gasteiger partial charge in [-0.15, -0.1) is 6.58 Å². The number of piperidine rings is 1. The van der Waals surface area contributed by atoms with Crippen molar-refractivity contribution in [2.75, 3.05) is 20.1 Å². The van der Waals surface area contributed by atoms with E-state index in [0.29, 0.717) is 19.3 Å². The molecule has 6 atom stereocenters. The van der Waals surface area contributed by atoms with Crippen LogP contribution in [0.15, 0.2) is 22.6 Å². The molecule has 1 aliphatic heterocycles. The molecule has 1 heterocycles. The predicted molar refractivity (Wildman–Crippen MR) is 200 cm³/mol. The Morgan fingerprint density at radius 1 is 1.02 bits per heavy atom. The Labute approximate surface area is 308 Å². The lowest BCUT2D eigenvalue weighted by molar-refractivity contribution is -0.147. The molecule has 1 unspecified atom stereocenters. The number of rotatable bonds is 15. The number of aliphatic imine (C=N–C) groups is 2. The Balaban J connectivity index is 1.62. The van der Waals surface area contributed by atoms with Gasteiger partial charge in [0.25, 0.3) is 15.9 Å². The third-order valence-corrected chi connectivity index (χ3v) is 13.1. The summed E-state index contributed by atoms with van der Waals surface area (Å²) in [6, 6.07) is -4.29. The molecule has 15 heteroatoms. The fourth-order valence-electron chi connectivity index (χ4n) is 8.05. The normalized spacial score (nSPS) is 25.7. The molecular weight excluding hydrogens is 687 g/mol. The van der Waals surface area contributed by atoms with Crippen LogP contribution in [-0.2, 0) is 34.0 Å². The summed E-state index contributed by atoms with van der Waals surface area (Å²) >= 11 is 0. The van der Waals surface area contributed by atoms with E-state index in [2.05, 4.69) is 37.2 Å². The number of ketones is 1. The summed E-state index contributed by atoms with van der Waals surface area (Å²) in [6.45, 7) is 16.7. The fourth-order valence-corrected chi connectivity index (χ4v) is 9.11. The van der Waals surface area contributed by atoms with Crippen molar-refractivity contribution in [3.8, 4) is 0 Å². The number of hydrogen-bond acceptors (Lipinski definition) is 8. The van der Waals surface area contributed by atoms with E-state index in [4.69, 9.17) is 0 Å². The zero-order valence-electron chi connectivity index (χ0n) is 32.1. The lowest BCUT2D eigenvalue weighted by Crippen LogP contribution is -2.64. The number of amides is 4. The number of carbonyl (C=O) groups is 5. The summed E-state index contributed by atoms with van der Waals surface area (Å²) in [7, 11) is -2.73. The summed E-state index contributed by atoms with van der Waals surface area (Å²) in [5.41, 5.74) is -1.81. The SMILES string of the molecule is C=CCNC(=O)C(=O)C(CC1CC1)NC(=O)[C@@H]1[C@@H]2[C@H](CN1C(=O)[C@@H](NC(=O)[C@@H](NS(=O)(=O)C(C)=NC=NC)C1(C)CCCCC1)C(C)(C)C)C2(C)C. The van der Waals surface area contributed by atoms with Gasteiger partial charge < -0.3 is 20.9 Å². The zero-order chi connectivity index (χ0) is 38.8. The van der Waals surface area contributed by atoms with Gasteiger partial charge in [0, 0.05) is 20.1 Å². The Morgan fingerprint density at radius 3 is 2.21 bits per heavy atom. The van der Waals surface area contributed by atoms with Crippen molar-refractivity contribution < 1.29 is 32.4 Å². The van der Waals surface area contributed by atoms with Gasteiger partial charge >= 0.3 is 0 Å². The summed E-state index contributed by atoms with van der Waals surface area (Å²) in [4.78, 5) is 78.2. The molecule has 4 fully saturated rings. The number of carbonyl (C=O) groups excluding carboxylic acids is 5. The molecule has 0 bridgehead atoms. The smallest absolute Gasteiger partial charge is 0.289 e. The van der Waals surface area contributed by atoms with Crippen LogP contribution in [0.25, 0.3) is 0 Å². The van der Waals surface area contributed by atoms with Crippen molar-refractivity contribution >= 4 is 50.8 Å². The Morgan fingerprint density at radius 2 is 1.65 bits per heavy atom. The van der Waals surface area contributed by atoms with Gasteiger partial charge in [-0.25, -0.2) is 13.4 Å². The number of nitrogens with one attached hydrogen (secondary N) is 4. The van der Waals surface area contributed by atoms with Crippen LogP contribution in [0.5, 0.6) is 0 Å². The standard InChI is InChI=1S/C37H59N7O7S/c1-10-18-39-32(47)28(45)25(19-23-14-15-23)41-31(46)27-26-24(36(26,6)7)20-44(27)34(49)30(35(3,4)5)42-33(48)29(37(8)16-12-11-13-17-37)43-52(50,51)22(2)40-21-38-9/h10,21,23-27,29-30,43H,1,11-20H2,2-9H3,(H,39,47)(H,41,46)(H,42,48)/t24-,25?,26-,27-,29+,30+/m0/s1. The highest BCUT2D eigenvalue weighted by molar-refractivity contribution is 8.04. The number of sulfonamides is 1. The van der Waals surface area contributed by atoms with Crippen molar-refractivity contribution in [2.45, 2.75) is 124 Å². The monoisotopic (exact) mass is 745 g/mol. The first-order chi connectivity index (χ1) is 24.2. The maximum absolute atomic E-state index is 14.7. The molecule has 3 saturated carbocycles. The summed E-state index contributed by atoms with van der Waals surface area (Å²) in [5.74, 6) is -3.10. The molecule has 4 aliphatic rings. The van der Waals surface area contributed by atoms with Gasteiger partial charge in [-0.3, -0.25) is 29.0 Å². The van der Waals surface area contributed by atoms with Crippen LogP contribution in [0.1, 0.15) is 99.8 Å². The van der Waals surface area contributed by atoms with Crippen molar-refractivity contribution in [3.63, 3.8) is 0 Å². The second-order valence-electron chi connectivity index (χ2n) is 17.1. The maximum Gasteiger partial charge on any atom is 0.289 e. The highest BCUT2D eigenvalue weighted by Crippen LogP contribution is 2.65. The molecular formula is C37H59N7O7S. The van der Waals surface area contributed by atoms with Gasteiger partial charge in [-0.1, -0.05) is 79.7 Å². The molecule has 0 aromatic heterocycles. The summed E-state index contributed by atoms with van der Waals surface area (Å²) in [6.07, 6.45) is 8.55. The average molecular weight is 746 g/mol. The molecule has 0 radical (unpaired) electrons. The highest BCUT2D eigenvalue weighted by atomic mass is 32.2. The first-order valence-electron chi connectivity index (χ1n) is 18.5. The van der Waals surface area contributed by atoms with Crippen LogP contribution in [0.3, 0.4) is 0 Å². The van der Waals surface area contributed by atoms with E-state index in [-0.39, 0.29) is 41.3 Å². The van der Waals surface area contributed by atoms with Crippen LogP contribution < -0.4 is 20.7 Å². The van der Waals surface area contributed by atoms with E-state index in [1.807, 2.05) is 20.8 Å². The minimum atomic E-state index is -4.20. The molecule has 4 N–H and O–H groups in total. The molecule has 290 valence electrons. The molecule has 0 aromatic carbocycles. The summed E-state index contributed by atoms with van der Waals surface area (Å²) in [5, 5.41) is 8.03. The van der Waals surface area contributed by atoms with E-state index in [0.717, 1.165) is 38.4 Å². The summed E-state index contributed by atoms with van der Waals surface area (Å²) < 4.78 is 29.5. The molecule has 0 spiro atoms. The van der Waals surface area contributed by atoms with Crippen LogP contribution in [-0.4, -0.2) is 98.4 Å². The quantitative estimate of drug-likeness (QED) is 0.0856. The van der Waals surface area contributed by atoms with Gasteiger partial charge in [0.15, 0.2) is 0 Å². The van der Waals surface area contributed by atoms with E-state index in [1.54, 1.807) is 20.8 Å². The van der Waals surface area contributed by atoms with Crippen LogP contribution in [0.4, 0.5) is 0 Å². The average Bonchev–Trinajstić information content (AvgIpc) is 3.93. The third kappa shape index (κ3) is 9.18. The number of Topliss-reactive ketones (excluding diaryl/α,β-unsaturated/α-hetero) is 1. The zero-order valence-corrected chi connectivity index (χ0v) is 32.9. The minimum Gasteiger partial charge on any atom is -0.346 e. The first kappa shape index (κ1) is 41.3. The van der Waals surface area contributed by atoms with Crippen LogP contribution in [0.2, 0.25) is 0 Å². The van der Waals surface area contributed by atoms with Crippen molar-refractivity contribution in [2.24, 2.45) is 44.0 Å². The number of hydrogen-bond donors (Lipinski definition) is 4.